The summed E-state index contributed by atoms with van der Waals surface area (Å²) >= 11 is 0. The molecule has 1 fully saturated rings. The molecule has 0 amide bonds. The summed E-state index contributed by atoms with van der Waals surface area (Å²) < 4.78 is 1.17. The van der Waals surface area contributed by atoms with Crippen LogP contribution in [0.4, 0.5) is 5.69 Å². The molecule has 1 aliphatic rings. The summed E-state index contributed by atoms with van der Waals surface area (Å²) in [5.41, 5.74) is 0.587. The Morgan fingerprint density at radius 1 is 1.41 bits per heavy atom. The largest absolute Gasteiger partial charge is 0.394 e. The lowest BCUT2D eigenvalue weighted by molar-refractivity contribution is 0.0770. The molecular weight excluding hydrogens is 222 g/mol. The number of aliphatic hydroxyl groups is 2. The van der Waals surface area contributed by atoms with Crippen molar-refractivity contribution in [1.82, 2.24) is 9.78 Å². The number of rotatable bonds is 4. The fourth-order valence-corrected chi connectivity index (χ4v) is 1.97. The molecule has 0 spiro atoms. The van der Waals surface area contributed by atoms with E-state index in [1.165, 1.54) is 10.7 Å². The summed E-state index contributed by atoms with van der Waals surface area (Å²) in [5, 5.41) is 22.0. The van der Waals surface area contributed by atoms with Gasteiger partial charge in [-0.1, -0.05) is 0 Å². The van der Waals surface area contributed by atoms with Gasteiger partial charge in [-0.25, -0.2) is 4.68 Å². The van der Waals surface area contributed by atoms with E-state index in [1.807, 2.05) is 0 Å². The van der Waals surface area contributed by atoms with Gasteiger partial charge in [-0.05, 0) is 12.8 Å². The van der Waals surface area contributed by atoms with Crippen LogP contribution in [0.3, 0.4) is 0 Å². The normalized spacial score (nSPS) is 17.4. The van der Waals surface area contributed by atoms with Crippen LogP contribution in [-0.2, 0) is 6.54 Å². The second-order valence-corrected chi connectivity index (χ2v) is 4.26. The first-order valence-corrected chi connectivity index (χ1v) is 5.82. The molecule has 2 rings (SSSR count). The van der Waals surface area contributed by atoms with Gasteiger partial charge in [0, 0.05) is 19.2 Å². The molecule has 1 aliphatic heterocycles. The van der Waals surface area contributed by atoms with E-state index in [0.717, 1.165) is 31.6 Å². The lowest BCUT2D eigenvalue weighted by Crippen LogP contribution is -2.31. The van der Waals surface area contributed by atoms with Gasteiger partial charge in [0.25, 0.3) is 5.56 Å². The molecule has 2 N–H and O–H groups in total. The molecule has 0 saturated carbocycles. The highest BCUT2D eigenvalue weighted by atomic mass is 16.3. The number of anilines is 1. The third-order valence-electron chi connectivity index (χ3n) is 2.92. The van der Waals surface area contributed by atoms with Gasteiger partial charge in [-0.3, -0.25) is 4.79 Å². The van der Waals surface area contributed by atoms with Gasteiger partial charge in [0.15, 0.2) is 0 Å². The maximum atomic E-state index is 11.7. The van der Waals surface area contributed by atoms with Gasteiger partial charge < -0.3 is 15.1 Å². The van der Waals surface area contributed by atoms with Gasteiger partial charge >= 0.3 is 0 Å². The Hall–Kier alpha value is -1.40. The minimum absolute atomic E-state index is 0.0234. The van der Waals surface area contributed by atoms with Gasteiger partial charge in [0.1, 0.15) is 0 Å². The molecule has 1 atom stereocenters. The summed E-state index contributed by atoms with van der Waals surface area (Å²) in [5.74, 6) is 0. The highest BCUT2D eigenvalue weighted by molar-refractivity contribution is 5.43. The fourth-order valence-electron chi connectivity index (χ4n) is 1.97. The fraction of sp³-hybridized carbons (Fsp3) is 0.636. The third-order valence-corrected chi connectivity index (χ3v) is 2.92. The highest BCUT2D eigenvalue weighted by Gasteiger charge is 2.14. The van der Waals surface area contributed by atoms with Crippen LogP contribution in [0.5, 0.6) is 0 Å². The molecule has 17 heavy (non-hydrogen) atoms. The van der Waals surface area contributed by atoms with Crippen molar-refractivity contribution in [2.75, 3.05) is 24.6 Å². The first kappa shape index (κ1) is 12.1. The number of aliphatic hydroxyl groups excluding tert-OH is 2. The molecular formula is C11H17N3O3. The summed E-state index contributed by atoms with van der Waals surface area (Å²) in [6, 6.07) is 1.53. The van der Waals surface area contributed by atoms with E-state index >= 15 is 0 Å². The maximum absolute atomic E-state index is 11.7. The monoisotopic (exact) mass is 239 g/mol. The van der Waals surface area contributed by atoms with Crippen molar-refractivity contribution in [2.45, 2.75) is 25.5 Å². The predicted octanol–water partition coefficient (Wildman–Crippen LogP) is -0.803. The zero-order valence-corrected chi connectivity index (χ0v) is 9.62. The van der Waals surface area contributed by atoms with E-state index in [9.17, 15) is 9.90 Å². The number of nitrogens with zero attached hydrogens (tertiary/aromatic N) is 3. The molecule has 1 aromatic heterocycles. The summed E-state index contributed by atoms with van der Waals surface area (Å²) in [6.07, 6.45) is 2.98. The van der Waals surface area contributed by atoms with E-state index in [2.05, 4.69) is 10.00 Å². The van der Waals surface area contributed by atoms with E-state index in [4.69, 9.17) is 5.11 Å². The zero-order valence-electron chi connectivity index (χ0n) is 9.62. The highest BCUT2D eigenvalue weighted by Crippen LogP contribution is 2.16. The summed E-state index contributed by atoms with van der Waals surface area (Å²) in [7, 11) is 0. The first-order valence-electron chi connectivity index (χ1n) is 5.82. The van der Waals surface area contributed by atoms with Crippen LogP contribution in [-0.4, -0.2) is 45.8 Å². The van der Waals surface area contributed by atoms with Crippen LogP contribution in [0.2, 0.25) is 0 Å². The van der Waals surface area contributed by atoms with Crippen LogP contribution < -0.4 is 10.5 Å². The molecule has 0 aromatic carbocycles. The topological polar surface area (TPSA) is 78.6 Å². The van der Waals surface area contributed by atoms with Crippen molar-refractivity contribution in [2.24, 2.45) is 0 Å². The van der Waals surface area contributed by atoms with Crippen LogP contribution in [0, 0.1) is 0 Å². The Morgan fingerprint density at radius 2 is 2.12 bits per heavy atom. The minimum Gasteiger partial charge on any atom is -0.394 e. The van der Waals surface area contributed by atoms with E-state index in [0.29, 0.717) is 0 Å². The van der Waals surface area contributed by atoms with Gasteiger partial charge in [-0.15, -0.1) is 0 Å². The zero-order chi connectivity index (χ0) is 12.3. The SMILES string of the molecule is O=c1cc(N2CCCC2)cnn1CC(O)CO. The minimum atomic E-state index is -0.946. The molecule has 2 heterocycles. The molecule has 0 aliphatic carbocycles. The second-order valence-electron chi connectivity index (χ2n) is 4.26. The molecule has 1 aromatic rings. The number of aromatic nitrogens is 2. The second kappa shape index (κ2) is 5.29. The van der Waals surface area contributed by atoms with Crippen molar-refractivity contribution >= 4 is 5.69 Å². The molecule has 0 radical (unpaired) electrons. The Bertz CT molecular complexity index is 426. The lowest BCUT2D eigenvalue weighted by Gasteiger charge is -2.17. The van der Waals surface area contributed by atoms with Crippen molar-refractivity contribution in [1.29, 1.82) is 0 Å². The van der Waals surface area contributed by atoms with E-state index < -0.39 is 6.10 Å². The lowest BCUT2D eigenvalue weighted by atomic mass is 10.3. The summed E-state index contributed by atoms with van der Waals surface area (Å²) in [4.78, 5) is 13.9. The first-order chi connectivity index (χ1) is 8.20. The molecule has 0 bridgehead atoms. The van der Waals surface area contributed by atoms with Crippen LogP contribution in [0.1, 0.15) is 12.8 Å². The van der Waals surface area contributed by atoms with Crippen LogP contribution >= 0.6 is 0 Å². The van der Waals surface area contributed by atoms with Gasteiger partial charge in [0.05, 0.1) is 31.1 Å². The number of hydrogen-bond acceptors (Lipinski definition) is 5. The average Bonchev–Trinajstić information content (AvgIpc) is 2.85. The Morgan fingerprint density at radius 3 is 2.71 bits per heavy atom. The smallest absolute Gasteiger partial charge is 0.268 e. The molecule has 1 saturated heterocycles. The number of hydrogen-bond donors (Lipinski definition) is 2. The predicted molar refractivity (Wildman–Crippen MR) is 63.0 cm³/mol. The van der Waals surface area contributed by atoms with E-state index in [1.54, 1.807) is 6.20 Å². The molecule has 6 heteroatoms. The van der Waals surface area contributed by atoms with E-state index in [-0.39, 0.29) is 18.7 Å². The third kappa shape index (κ3) is 2.83. The van der Waals surface area contributed by atoms with Crippen molar-refractivity contribution < 1.29 is 10.2 Å². The van der Waals surface area contributed by atoms with Crippen molar-refractivity contribution in [3.63, 3.8) is 0 Å². The Kier molecular flexibility index (Phi) is 3.75. The molecule has 1 unspecified atom stereocenters. The van der Waals surface area contributed by atoms with Crippen LogP contribution in [0.15, 0.2) is 17.1 Å². The Balaban J connectivity index is 2.13. The average molecular weight is 239 g/mol. The maximum Gasteiger partial charge on any atom is 0.268 e. The van der Waals surface area contributed by atoms with Crippen molar-refractivity contribution in [3.8, 4) is 0 Å². The van der Waals surface area contributed by atoms with Crippen LogP contribution in [0.25, 0.3) is 0 Å². The Labute approximate surface area is 99.1 Å². The standard InChI is InChI=1S/C11H17N3O3/c15-8-10(16)7-14-11(17)5-9(6-12-14)13-3-1-2-4-13/h5-6,10,15-16H,1-4,7-8H2. The summed E-state index contributed by atoms with van der Waals surface area (Å²) in [6.45, 7) is 1.58. The molecule has 6 nitrogen and oxygen atoms in total. The van der Waals surface area contributed by atoms with Gasteiger partial charge in [0.2, 0.25) is 0 Å². The van der Waals surface area contributed by atoms with Gasteiger partial charge in [-0.2, -0.15) is 5.10 Å². The quantitative estimate of drug-likeness (QED) is 0.719. The van der Waals surface area contributed by atoms with Crippen molar-refractivity contribution in [3.05, 3.63) is 22.6 Å². The molecule has 94 valence electrons.